The lowest BCUT2D eigenvalue weighted by Crippen LogP contribution is -2.21. The first kappa shape index (κ1) is 18.7. The number of hydrogen-bond donors (Lipinski definition) is 4. The SMILES string of the molecule is N=C(N)c1ccc2cc(OC(=O)/C=C/c3ccc(N=C(N)N)cc3)ccc2c1. The molecule has 0 bridgehead atoms. The molecule has 140 valence electrons. The van der Waals surface area contributed by atoms with Crippen molar-refractivity contribution in [2.75, 3.05) is 0 Å². The van der Waals surface area contributed by atoms with Crippen molar-refractivity contribution in [3.63, 3.8) is 0 Å². The summed E-state index contributed by atoms with van der Waals surface area (Å²) < 4.78 is 5.35. The van der Waals surface area contributed by atoms with Gasteiger partial charge >= 0.3 is 5.97 Å². The molecule has 0 fully saturated rings. The summed E-state index contributed by atoms with van der Waals surface area (Å²) in [6.07, 6.45) is 2.99. The van der Waals surface area contributed by atoms with E-state index in [1.165, 1.54) is 6.08 Å². The molecule has 0 saturated heterocycles. The minimum Gasteiger partial charge on any atom is -0.423 e. The van der Waals surface area contributed by atoms with E-state index < -0.39 is 5.97 Å². The fourth-order valence-corrected chi connectivity index (χ4v) is 2.58. The zero-order chi connectivity index (χ0) is 20.1. The second-order valence-electron chi connectivity index (χ2n) is 6.02. The number of rotatable bonds is 5. The maximum absolute atomic E-state index is 12.1. The van der Waals surface area contributed by atoms with Gasteiger partial charge in [0.25, 0.3) is 0 Å². The van der Waals surface area contributed by atoms with Gasteiger partial charge in [-0.2, -0.15) is 0 Å². The quantitative estimate of drug-likeness (QED) is 0.179. The van der Waals surface area contributed by atoms with Crippen LogP contribution in [0.5, 0.6) is 5.75 Å². The van der Waals surface area contributed by atoms with Crippen LogP contribution in [-0.2, 0) is 4.79 Å². The molecule has 0 radical (unpaired) electrons. The maximum Gasteiger partial charge on any atom is 0.336 e. The number of nitrogens with two attached hydrogens (primary N) is 3. The second kappa shape index (κ2) is 8.05. The van der Waals surface area contributed by atoms with Crippen molar-refractivity contribution in [3.05, 3.63) is 77.9 Å². The third kappa shape index (κ3) is 4.73. The third-order valence-corrected chi connectivity index (χ3v) is 3.90. The summed E-state index contributed by atoms with van der Waals surface area (Å²) in [5, 5.41) is 9.28. The Hall–Kier alpha value is -4.13. The van der Waals surface area contributed by atoms with Gasteiger partial charge in [0.05, 0.1) is 5.69 Å². The number of hydrogen-bond acceptors (Lipinski definition) is 4. The van der Waals surface area contributed by atoms with Crippen LogP contribution in [0.3, 0.4) is 0 Å². The van der Waals surface area contributed by atoms with Gasteiger partial charge in [0.2, 0.25) is 0 Å². The Balaban J connectivity index is 1.68. The zero-order valence-electron chi connectivity index (χ0n) is 14.9. The maximum atomic E-state index is 12.1. The summed E-state index contributed by atoms with van der Waals surface area (Å²) in [7, 11) is 0. The number of fused-ring (bicyclic) bond motifs is 1. The van der Waals surface area contributed by atoms with E-state index in [4.69, 9.17) is 27.3 Å². The lowest BCUT2D eigenvalue weighted by molar-refractivity contribution is -0.128. The normalized spacial score (nSPS) is 10.7. The predicted molar refractivity (Wildman–Crippen MR) is 112 cm³/mol. The number of nitrogens with one attached hydrogen (secondary N) is 1. The highest BCUT2D eigenvalue weighted by molar-refractivity contribution is 5.99. The number of guanidine groups is 1. The molecule has 7 N–H and O–H groups in total. The molecule has 0 amide bonds. The monoisotopic (exact) mass is 373 g/mol. The van der Waals surface area contributed by atoms with Gasteiger partial charge in [-0.25, -0.2) is 9.79 Å². The first-order valence-corrected chi connectivity index (χ1v) is 8.38. The summed E-state index contributed by atoms with van der Waals surface area (Å²) >= 11 is 0. The molecule has 3 aromatic carbocycles. The minimum atomic E-state index is -0.493. The number of ether oxygens (including phenoxy) is 1. The number of esters is 1. The minimum absolute atomic E-state index is 0.00822. The molecule has 7 heteroatoms. The number of carbonyl (C=O) groups excluding carboxylic acids is 1. The Kier molecular flexibility index (Phi) is 5.36. The fraction of sp³-hybridized carbons (Fsp3) is 0. The Morgan fingerprint density at radius 1 is 0.929 bits per heavy atom. The second-order valence-corrected chi connectivity index (χ2v) is 6.02. The fourth-order valence-electron chi connectivity index (χ4n) is 2.58. The van der Waals surface area contributed by atoms with Gasteiger partial charge in [-0.1, -0.05) is 30.3 Å². The molecular formula is C21H19N5O2. The predicted octanol–water partition coefficient (Wildman–Crippen LogP) is 2.65. The average Bonchev–Trinajstić information content (AvgIpc) is 2.66. The van der Waals surface area contributed by atoms with Crippen molar-refractivity contribution in [2.24, 2.45) is 22.2 Å². The summed E-state index contributed by atoms with van der Waals surface area (Å²) in [6.45, 7) is 0. The van der Waals surface area contributed by atoms with Gasteiger partial charge in [-0.3, -0.25) is 5.41 Å². The highest BCUT2D eigenvalue weighted by Gasteiger charge is 2.04. The van der Waals surface area contributed by atoms with E-state index in [0.29, 0.717) is 17.0 Å². The van der Waals surface area contributed by atoms with E-state index in [1.807, 2.05) is 18.2 Å². The standard InChI is InChI=1S/C21H19N5O2/c22-20(23)16-5-4-15-12-18(9-6-14(15)11-16)28-19(27)10-3-13-1-7-17(8-2-13)26-21(24)25/h1-12H,(H3,22,23)(H4,24,25,26)/b10-3+. The highest BCUT2D eigenvalue weighted by atomic mass is 16.5. The number of benzene rings is 3. The van der Waals surface area contributed by atoms with Crippen LogP contribution in [0.2, 0.25) is 0 Å². The Morgan fingerprint density at radius 2 is 1.61 bits per heavy atom. The summed E-state index contributed by atoms with van der Waals surface area (Å²) in [6, 6.07) is 17.7. The van der Waals surface area contributed by atoms with Gasteiger partial charge in [0, 0.05) is 11.6 Å². The van der Waals surface area contributed by atoms with E-state index in [0.717, 1.165) is 16.3 Å². The summed E-state index contributed by atoms with van der Waals surface area (Å²) in [4.78, 5) is 16.0. The molecule has 28 heavy (non-hydrogen) atoms. The van der Waals surface area contributed by atoms with E-state index in [2.05, 4.69) is 4.99 Å². The molecule has 0 spiro atoms. The average molecular weight is 373 g/mol. The third-order valence-electron chi connectivity index (χ3n) is 3.90. The number of carbonyl (C=O) groups is 1. The van der Waals surface area contributed by atoms with E-state index in [-0.39, 0.29) is 11.8 Å². The first-order chi connectivity index (χ1) is 13.4. The molecule has 0 aliphatic heterocycles. The summed E-state index contributed by atoms with van der Waals surface area (Å²) in [5.41, 5.74) is 18.2. The van der Waals surface area contributed by atoms with Gasteiger partial charge in [0.1, 0.15) is 11.6 Å². The highest BCUT2D eigenvalue weighted by Crippen LogP contribution is 2.22. The van der Waals surface area contributed by atoms with E-state index in [9.17, 15) is 4.79 Å². The smallest absolute Gasteiger partial charge is 0.336 e. The number of amidine groups is 1. The van der Waals surface area contributed by atoms with Crippen LogP contribution in [-0.4, -0.2) is 17.8 Å². The van der Waals surface area contributed by atoms with Crippen LogP contribution >= 0.6 is 0 Å². The first-order valence-electron chi connectivity index (χ1n) is 8.38. The molecular weight excluding hydrogens is 354 g/mol. The van der Waals surface area contributed by atoms with Crippen molar-refractivity contribution in [1.29, 1.82) is 5.41 Å². The molecule has 3 aromatic rings. The number of nitrogen functional groups attached to an aromatic ring is 1. The molecule has 0 atom stereocenters. The van der Waals surface area contributed by atoms with Crippen LogP contribution in [0.25, 0.3) is 16.8 Å². The molecule has 7 nitrogen and oxygen atoms in total. The Labute approximate surface area is 161 Å². The van der Waals surface area contributed by atoms with Crippen LogP contribution in [0.15, 0.2) is 71.7 Å². The van der Waals surface area contributed by atoms with Crippen molar-refractivity contribution < 1.29 is 9.53 Å². The van der Waals surface area contributed by atoms with E-state index >= 15 is 0 Å². The van der Waals surface area contributed by atoms with Crippen molar-refractivity contribution in [2.45, 2.75) is 0 Å². The van der Waals surface area contributed by atoms with Gasteiger partial charge in [0.15, 0.2) is 5.96 Å². The molecule has 0 unspecified atom stereocenters. The number of aliphatic imine (C=N–C) groups is 1. The van der Waals surface area contributed by atoms with Crippen molar-refractivity contribution >= 4 is 40.3 Å². The van der Waals surface area contributed by atoms with Crippen LogP contribution in [0, 0.1) is 5.41 Å². The van der Waals surface area contributed by atoms with Crippen LogP contribution in [0.1, 0.15) is 11.1 Å². The lowest BCUT2D eigenvalue weighted by Gasteiger charge is -2.05. The van der Waals surface area contributed by atoms with Crippen molar-refractivity contribution in [1.82, 2.24) is 0 Å². The van der Waals surface area contributed by atoms with Gasteiger partial charge in [-0.15, -0.1) is 0 Å². The Bertz CT molecular complexity index is 1100. The Morgan fingerprint density at radius 3 is 2.29 bits per heavy atom. The van der Waals surface area contributed by atoms with Crippen LogP contribution in [0.4, 0.5) is 5.69 Å². The molecule has 0 saturated carbocycles. The van der Waals surface area contributed by atoms with Crippen molar-refractivity contribution in [3.8, 4) is 5.75 Å². The molecule has 0 aromatic heterocycles. The summed E-state index contributed by atoms with van der Waals surface area (Å²) in [5.74, 6) is -0.0671. The topological polar surface area (TPSA) is 141 Å². The largest absolute Gasteiger partial charge is 0.423 e. The molecule has 0 aliphatic carbocycles. The molecule has 0 heterocycles. The van der Waals surface area contributed by atoms with Crippen LogP contribution < -0.4 is 21.9 Å². The van der Waals surface area contributed by atoms with Gasteiger partial charge in [-0.05, 0) is 52.7 Å². The lowest BCUT2D eigenvalue weighted by atomic mass is 10.1. The molecule has 0 aliphatic rings. The number of nitrogens with zero attached hydrogens (tertiary/aromatic N) is 1. The zero-order valence-corrected chi connectivity index (χ0v) is 14.9. The van der Waals surface area contributed by atoms with Gasteiger partial charge < -0.3 is 21.9 Å². The molecule has 3 rings (SSSR count). The van der Waals surface area contributed by atoms with E-state index in [1.54, 1.807) is 48.5 Å².